The van der Waals surface area contributed by atoms with Crippen molar-refractivity contribution in [2.24, 2.45) is 0 Å². The number of nitrogens with two attached hydrogens (primary N) is 1. The predicted octanol–water partition coefficient (Wildman–Crippen LogP) is 2.74. The number of carbonyl (C=O) groups excluding carboxylic acids is 2. The number of amides is 1. The van der Waals surface area contributed by atoms with Crippen molar-refractivity contribution in [2.75, 3.05) is 27.1 Å². The van der Waals surface area contributed by atoms with E-state index in [-0.39, 0.29) is 24.7 Å². The summed E-state index contributed by atoms with van der Waals surface area (Å²) in [5.74, 6) is 0.288. The first-order chi connectivity index (χ1) is 12.5. The largest absolute Gasteiger partial charge is 0.493 e. The van der Waals surface area contributed by atoms with Gasteiger partial charge in [0.05, 0.1) is 33.8 Å². The quantitative estimate of drug-likeness (QED) is 0.553. The maximum Gasteiger partial charge on any atom is 0.307 e. The van der Waals surface area contributed by atoms with E-state index in [9.17, 15) is 9.59 Å². The van der Waals surface area contributed by atoms with Crippen molar-refractivity contribution < 1.29 is 23.8 Å². The fourth-order valence-corrected chi connectivity index (χ4v) is 2.45. The van der Waals surface area contributed by atoms with Gasteiger partial charge in [0.1, 0.15) is 0 Å². The Morgan fingerprint density at radius 3 is 2.19 bits per heavy atom. The minimum Gasteiger partial charge on any atom is -0.493 e. The van der Waals surface area contributed by atoms with Gasteiger partial charge in [-0.25, -0.2) is 0 Å². The highest BCUT2D eigenvalue weighted by Crippen LogP contribution is 2.31. The molecule has 3 N–H and O–H groups in total. The Kier molecular flexibility index (Phi) is 8.41. The van der Waals surface area contributed by atoms with Crippen LogP contribution in [0.15, 0.2) is 42.5 Å². The molecule has 0 aromatic heterocycles. The zero-order valence-electron chi connectivity index (χ0n) is 15.4. The Bertz CT molecular complexity index is 780. The lowest BCUT2D eigenvalue weighted by molar-refractivity contribution is -0.141. The SMILES string of the molecule is COC(=O)CC(NC(=O)c1ccc(N)cc1)c1ccc(OC)c(OC)c1.Cl. The number of benzene rings is 2. The Morgan fingerprint density at radius 1 is 1.00 bits per heavy atom. The molecule has 146 valence electrons. The third-order valence-corrected chi connectivity index (χ3v) is 3.89. The van der Waals surface area contributed by atoms with Gasteiger partial charge in [0.25, 0.3) is 5.91 Å². The number of ether oxygens (including phenoxy) is 3. The Hall–Kier alpha value is -2.93. The van der Waals surface area contributed by atoms with E-state index < -0.39 is 12.0 Å². The zero-order valence-corrected chi connectivity index (χ0v) is 16.2. The molecule has 0 saturated carbocycles. The standard InChI is InChI=1S/C19H22N2O5.ClH/c1-24-16-9-6-13(10-17(16)25-2)15(11-18(22)26-3)21-19(23)12-4-7-14(20)8-5-12;/h4-10,15H,11,20H2,1-3H3,(H,21,23);1H. The number of hydrogen-bond donors (Lipinski definition) is 2. The van der Waals surface area contributed by atoms with Gasteiger partial charge < -0.3 is 25.3 Å². The highest BCUT2D eigenvalue weighted by Gasteiger charge is 2.21. The van der Waals surface area contributed by atoms with E-state index in [0.717, 1.165) is 0 Å². The summed E-state index contributed by atoms with van der Waals surface area (Å²) < 4.78 is 15.3. The van der Waals surface area contributed by atoms with Crippen molar-refractivity contribution in [2.45, 2.75) is 12.5 Å². The molecule has 2 rings (SSSR count). The highest BCUT2D eigenvalue weighted by molar-refractivity contribution is 5.95. The average Bonchev–Trinajstić information content (AvgIpc) is 2.67. The molecule has 7 nitrogen and oxygen atoms in total. The molecule has 0 fully saturated rings. The van der Waals surface area contributed by atoms with Crippen molar-refractivity contribution in [3.63, 3.8) is 0 Å². The van der Waals surface area contributed by atoms with Crippen LogP contribution in [-0.4, -0.2) is 33.2 Å². The van der Waals surface area contributed by atoms with E-state index in [0.29, 0.717) is 28.3 Å². The monoisotopic (exact) mass is 394 g/mol. The first-order valence-corrected chi connectivity index (χ1v) is 7.93. The van der Waals surface area contributed by atoms with Crippen LogP contribution < -0.4 is 20.5 Å². The summed E-state index contributed by atoms with van der Waals surface area (Å²) in [7, 11) is 4.35. The van der Waals surface area contributed by atoms with E-state index in [1.165, 1.54) is 21.3 Å². The van der Waals surface area contributed by atoms with Gasteiger partial charge in [0.2, 0.25) is 0 Å². The Morgan fingerprint density at radius 2 is 1.63 bits per heavy atom. The van der Waals surface area contributed by atoms with Gasteiger partial charge in [0.15, 0.2) is 11.5 Å². The van der Waals surface area contributed by atoms with Crippen molar-refractivity contribution >= 4 is 30.0 Å². The van der Waals surface area contributed by atoms with Gasteiger partial charge in [-0.1, -0.05) is 6.07 Å². The van der Waals surface area contributed by atoms with E-state index >= 15 is 0 Å². The molecule has 0 aliphatic heterocycles. The lowest BCUT2D eigenvalue weighted by Gasteiger charge is -2.20. The van der Waals surface area contributed by atoms with E-state index in [1.807, 2.05) is 0 Å². The number of halogens is 1. The van der Waals surface area contributed by atoms with Crippen LogP contribution in [-0.2, 0) is 9.53 Å². The molecular formula is C19H23ClN2O5. The molecule has 0 aliphatic rings. The lowest BCUT2D eigenvalue weighted by atomic mass is 10.0. The number of rotatable bonds is 7. The Labute approximate surface area is 164 Å². The molecule has 1 atom stereocenters. The first kappa shape index (κ1) is 22.1. The van der Waals surface area contributed by atoms with Crippen molar-refractivity contribution in [3.05, 3.63) is 53.6 Å². The molecule has 2 aromatic rings. The van der Waals surface area contributed by atoms with E-state index in [2.05, 4.69) is 5.32 Å². The molecule has 1 amide bonds. The van der Waals surface area contributed by atoms with Crippen molar-refractivity contribution in [3.8, 4) is 11.5 Å². The first-order valence-electron chi connectivity index (χ1n) is 7.93. The van der Waals surface area contributed by atoms with Crippen LogP contribution in [0.4, 0.5) is 5.69 Å². The third kappa shape index (κ3) is 5.79. The Balaban J connectivity index is 0.00000364. The smallest absolute Gasteiger partial charge is 0.307 e. The van der Waals surface area contributed by atoms with Gasteiger partial charge in [-0.05, 0) is 42.0 Å². The summed E-state index contributed by atoms with van der Waals surface area (Å²) in [6, 6.07) is 11.1. The minimum absolute atomic E-state index is 0. The topological polar surface area (TPSA) is 99.9 Å². The number of carbonyl (C=O) groups is 2. The molecule has 2 aromatic carbocycles. The van der Waals surface area contributed by atoms with Gasteiger partial charge >= 0.3 is 5.97 Å². The molecule has 0 radical (unpaired) electrons. The van der Waals surface area contributed by atoms with Crippen molar-refractivity contribution in [1.29, 1.82) is 0 Å². The van der Waals surface area contributed by atoms with Crippen LogP contribution in [0.25, 0.3) is 0 Å². The van der Waals surface area contributed by atoms with Crippen LogP contribution in [0.1, 0.15) is 28.4 Å². The number of nitrogens with one attached hydrogen (secondary N) is 1. The number of hydrogen-bond acceptors (Lipinski definition) is 6. The van der Waals surface area contributed by atoms with Gasteiger partial charge in [-0.15, -0.1) is 12.4 Å². The second kappa shape index (κ2) is 10.3. The number of esters is 1. The summed E-state index contributed by atoms with van der Waals surface area (Å²) in [4.78, 5) is 24.3. The maximum atomic E-state index is 12.5. The molecule has 0 aliphatic carbocycles. The molecule has 1 unspecified atom stereocenters. The fourth-order valence-electron chi connectivity index (χ4n) is 2.45. The van der Waals surface area contributed by atoms with Gasteiger partial charge in [-0.3, -0.25) is 9.59 Å². The van der Waals surface area contributed by atoms with E-state index in [1.54, 1.807) is 42.5 Å². The van der Waals surface area contributed by atoms with Gasteiger partial charge in [0, 0.05) is 11.3 Å². The van der Waals surface area contributed by atoms with Crippen LogP contribution in [0.2, 0.25) is 0 Å². The van der Waals surface area contributed by atoms with Crippen molar-refractivity contribution in [1.82, 2.24) is 5.32 Å². The molecule has 0 spiro atoms. The van der Waals surface area contributed by atoms with Gasteiger partial charge in [-0.2, -0.15) is 0 Å². The number of anilines is 1. The predicted molar refractivity (Wildman–Crippen MR) is 104 cm³/mol. The summed E-state index contributed by atoms with van der Waals surface area (Å²) >= 11 is 0. The average molecular weight is 395 g/mol. The highest BCUT2D eigenvalue weighted by atomic mass is 35.5. The van der Waals surface area contributed by atoms with Crippen LogP contribution >= 0.6 is 12.4 Å². The summed E-state index contributed by atoms with van der Waals surface area (Å²) in [5.41, 5.74) is 7.34. The van der Waals surface area contributed by atoms with Crippen LogP contribution in [0.3, 0.4) is 0 Å². The lowest BCUT2D eigenvalue weighted by Crippen LogP contribution is -2.30. The minimum atomic E-state index is -0.590. The maximum absolute atomic E-state index is 12.5. The van der Waals surface area contributed by atoms with Crippen LogP contribution in [0, 0.1) is 0 Å². The second-order valence-corrected chi connectivity index (χ2v) is 5.54. The summed E-state index contributed by atoms with van der Waals surface area (Å²) in [6.45, 7) is 0. The molecule has 0 saturated heterocycles. The molecule has 27 heavy (non-hydrogen) atoms. The fraction of sp³-hybridized carbons (Fsp3) is 0.263. The molecule has 0 bridgehead atoms. The van der Waals surface area contributed by atoms with Crippen LogP contribution in [0.5, 0.6) is 11.5 Å². The summed E-state index contributed by atoms with van der Waals surface area (Å²) in [6.07, 6.45) is -0.0211. The molecular weight excluding hydrogens is 372 g/mol. The summed E-state index contributed by atoms with van der Waals surface area (Å²) in [5, 5.41) is 2.85. The second-order valence-electron chi connectivity index (χ2n) is 5.54. The normalized spacial score (nSPS) is 10.9. The number of methoxy groups -OCH3 is 3. The number of nitrogen functional groups attached to an aromatic ring is 1. The molecule has 8 heteroatoms. The van der Waals surface area contributed by atoms with E-state index in [4.69, 9.17) is 19.9 Å². The third-order valence-electron chi connectivity index (χ3n) is 3.89. The molecule has 0 heterocycles. The zero-order chi connectivity index (χ0) is 19.1.